The standard InChI is InChI=1S/C27H39N3O4S/c1-6-22(4)28-27(32)25(7-2)29(20-23-17-15-21(3)16-18-23)26(31)14-11-19-30(35(5,33)34)24-12-9-8-10-13-24/h8-10,12-13,15-18,22,25H,6-7,11,14,19-20H2,1-5H3,(H,28,32)/t22-,25+/m0/s1. The van der Waals surface area contributed by atoms with E-state index in [2.05, 4.69) is 5.32 Å². The Hall–Kier alpha value is -2.87. The molecular weight excluding hydrogens is 462 g/mol. The molecule has 0 fully saturated rings. The van der Waals surface area contributed by atoms with Crippen LogP contribution in [0.2, 0.25) is 0 Å². The molecule has 35 heavy (non-hydrogen) atoms. The fourth-order valence-electron chi connectivity index (χ4n) is 3.85. The van der Waals surface area contributed by atoms with Crippen LogP contribution in [-0.4, -0.2) is 50.0 Å². The average molecular weight is 502 g/mol. The Bertz CT molecular complexity index is 1060. The summed E-state index contributed by atoms with van der Waals surface area (Å²) in [5.74, 6) is -0.331. The number of carbonyl (C=O) groups excluding carboxylic acids is 2. The SMILES string of the molecule is CC[C@H](C(=O)N[C@@H](C)CC)N(Cc1ccc(C)cc1)C(=O)CCCN(c1ccccc1)S(C)(=O)=O. The van der Waals surface area contributed by atoms with Gasteiger partial charge < -0.3 is 10.2 Å². The van der Waals surface area contributed by atoms with E-state index in [0.717, 1.165) is 23.8 Å². The van der Waals surface area contributed by atoms with Crippen molar-refractivity contribution in [1.29, 1.82) is 0 Å². The smallest absolute Gasteiger partial charge is 0.243 e. The number of rotatable bonds is 13. The van der Waals surface area contributed by atoms with Gasteiger partial charge in [-0.05, 0) is 50.8 Å². The first kappa shape index (κ1) is 28.4. The lowest BCUT2D eigenvalue weighted by atomic mass is 10.1. The molecule has 0 aliphatic heterocycles. The quantitative estimate of drug-likeness (QED) is 0.444. The summed E-state index contributed by atoms with van der Waals surface area (Å²) in [6, 6.07) is 16.2. The van der Waals surface area contributed by atoms with Crippen LogP contribution >= 0.6 is 0 Å². The molecule has 0 spiro atoms. The van der Waals surface area contributed by atoms with Crippen molar-refractivity contribution in [3.63, 3.8) is 0 Å². The predicted octanol–water partition coefficient (Wildman–Crippen LogP) is 4.26. The molecule has 0 bridgehead atoms. The summed E-state index contributed by atoms with van der Waals surface area (Å²) in [7, 11) is -3.50. The third-order valence-corrected chi connectivity index (χ3v) is 7.25. The molecule has 7 nitrogen and oxygen atoms in total. The normalized spacial score (nSPS) is 13.1. The summed E-state index contributed by atoms with van der Waals surface area (Å²) in [5, 5.41) is 3.01. The first-order valence-corrected chi connectivity index (χ1v) is 14.1. The minimum atomic E-state index is -3.50. The van der Waals surface area contributed by atoms with Gasteiger partial charge in [-0.25, -0.2) is 8.42 Å². The molecule has 2 rings (SSSR count). The van der Waals surface area contributed by atoms with Crippen LogP contribution in [0.15, 0.2) is 54.6 Å². The number of aryl methyl sites for hydroxylation is 1. The minimum absolute atomic E-state index is 0.0158. The van der Waals surface area contributed by atoms with E-state index in [-0.39, 0.29) is 30.8 Å². The van der Waals surface area contributed by atoms with E-state index >= 15 is 0 Å². The van der Waals surface area contributed by atoms with Crippen molar-refractivity contribution >= 4 is 27.5 Å². The van der Waals surface area contributed by atoms with Gasteiger partial charge in [-0.15, -0.1) is 0 Å². The van der Waals surface area contributed by atoms with Gasteiger partial charge in [0, 0.05) is 25.6 Å². The molecule has 0 aliphatic carbocycles. The van der Waals surface area contributed by atoms with E-state index in [1.807, 2.05) is 58.0 Å². The fraction of sp³-hybridized carbons (Fsp3) is 0.481. The maximum absolute atomic E-state index is 13.4. The van der Waals surface area contributed by atoms with Crippen molar-refractivity contribution in [2.75, 3.05) is 17.1 Å². The third kappa shape index (κ3) is 8.69. The molecule has 2 aromatic rings. The monoisotopic (exact) mass is 501 g/mol. The first-order valence-electron chi connectivity index (χ1n) is 12.2. The van der Waals surface area contributed by atoms with E-state index < -0.39 is 16.1 Å². The third-order valence-electron chi connectivity index (χ3n) is 6.06. The van der Waals surface area contributed by atoms with Gasteiger partial charge in [0.1, 0.15) is 6.04 Å². The molecule has 2 atom stereocenters. The summed E-state index contributed by atoms with van der Waals surface area (Å²) < 4.78 is 26.0. The first-order chi connectivity index (χ1) is 16.6. The van der Waals surface area contributed by atoms with Gasteiger partial charge in [0.05, 0.1) is 11.9 Å². The Morgan fingerprint density at radius 3 is 2.14 bits per heavy atom. The number of carbonyl (C=O) groups is 2. The maximum Gasteiger partial charge on any atom is 0.243 e. The van der Waals surface area contributed by atoms with Crippen LogP contribution in [0.3, 0.4) is 0 Å². The minimum Gasteiger partial charge on any atom is -0.352 e. The molecule has 2 amide bonds. The van der Waals surface area contributed by atoms with Gasteiger partial charge in [0.2, 0.25) is 21.8 Å². The molecule has 0 aromatic heterocycles. The van der Waals surface area contributed by atoms with Gasteiger partial charge in [-0.1, -0.05) is 61.9 Å². The summed E-state index contributed by atoms with van der Waals surface area (Å²) in [4.78, 5) is 28.1. The van der Waals surface area contributed by atoms with E-state index in [9.17, 15) is 18.0 Å². The van der Waals surface area contributed by atoms with Gasteiger partial charge >= 0.3 is 0 Å². The molecule has 0 heterocycles. The van der Waals surface area contributed by atoms with Gasteiger partial charge in [-0.3, -0.25) is 13.9 Å². The second-order valence-electron chi connectivity index (χ2n) is 9.02. The number of hydrogen-bond acceptors (Lipinski definition) is 4. The zero-order valence-electron chi connectivity index (χ0n) is 21.5. The molecule has 0 radical (unpaired) electrons. The molecule has 0 unspecified atom stereocenters. The van der Waals surface area contributed by atoms with Crippen LogP contribution in [0.4, 0.5) is 5.69 Å². The lowest BCUT2D eigenvalue weighted by molar-refractivity contribution is -0.141. The largest absolute Gasteiger partial charge is 0.352 e. The van der Waals surface area contributed by atoms with Crippen molar-refractivity contribution in [1.82, 2.24) is 10.2 Å². The van der Waals surface area contributed by atoms with Crippen LogP contribution in [0, 0.1) is 6.92 Å². The van der Waals surface area contributed by atoms with E-state index in [1.54, 1.807) is 29.2 Å². The summed E-state index contributed by atoms with van der Waals surface area (Å²) in [6.45, 7) is 8.35. The van der Waals surface area contributed by atoms with Gasteiger partial charge in [0.15, 0.2) is 0 Å². The number of para-hydroxylation sites is 1. The molecule has 0 saturated heterocycles. The maximum atomic E-state index is 13.4. The highest BCUT2D eigenvalue weighted by molar-refractivity contribution is 7.92. The Kier molecular flexibility index (Phi) is 10.8. The molecule has 1 N–H and O–H groups in total. The lowest BCUT2D eigenvalue weighted by Crippen LogP contribution is -2.50. The average Bonchev–Trinajstić information content (AvgIpc) is 2.82. The van der Waals surface area contributed by atoms with E-state index in [4.69, 9.17) is 0 Å². The van der Waals surface area contributed by atoms with Crippen LogP contribution in [0.25, 0.3) is 0 Å². The number of nitrogens with one attached hydrogen (secondary N) is 1. The topological polar surface area (TPSA) is 86.8 Å². The highest BCUT2D eigenvalue weighted by atomic mass is 32.2. The molecular formula is C27H39N3O4S. The lowest BCUT2D eigenvalue weighted by Gasteiger charge is -2.32. The van der Waals surface area contributed by atoms with Gasteiger partial charge in [0.25, 0.3) is 0 Å². The Balaban J connectivity index is 2.20. The summed E-state index contributed by atoms with van der Waals surface area (Å²) >= 11 is 0. The molecule has 2 aromatic carbocycles. The number of nitrogens with zero attached hydrogens (tertiary/aromatic N) is 2. The van der Waals surface area contributed by atoms with Crippen LogP contribution in [-0.2, 0) is 26.2 Å². The summed E-state index contributed by atoms with van der Waals surface area (Å²) in [5.41, 5.74) is 2.63. The van der Waals surface area contributed by atoms with E-state index in [1.165, 1.54) is 4.31 Å². The highest BCUT2D eigenvalue weighted by Crippen LogP contribution is 2.19. The predicted molar refractivity (Wildman–Crippen MR) is 142 cm³/mol. The number of anilines is 1. The second-order valence-corrected chi connectivity index (χ2v) is 10.9. The Morgan fingerprint density at radius 1 is 0.971 bits per heavy atom. The van der Waals surface area contributed by atoms with Crippen LogP contribution in [0.5, 0.6) is 0 Å². The molecule has 8 heteroatoms. The zero-order chi connectivity index (χ0) is 26.0. The van der Waals surface area contributed by atoms with Crippen molar-refractivity contribution in [2.24, 2.45) is 0 Å². The second kappa shape index (κ2) is 13.3. The Morgan fingerprint density at radius 2 is 1.60 bits per heavy atom. The number of sulfonamides is 1. The van der Waals surface area contributed by atoms with Crippen molar-refractivity contribution in [3.8, 4) is 0 Å². The summed E-state index contributed by atoms with van der Waals surface area (Å²) in [6.07, 6.45) is 2.93. The van der Waals surface area contributed by atoms with Gasteiger partial charge in [-0.2, -0.15) is 0 Å². The van der Waals surface area contributed by atoms with Crippen molar-refractivity contribution < 1.29 is 18.0 Å². The van der Waals surface area contributed by atoms with Crippen LogP contribution in [0.1, 0.15) is 57.6 Å². The molecule has 192 valence electrons. The number of benzene rings is 2. The molecule has 0 aliphatic rings. The van der Waals surface area contributed by atoms with E-state index in [0.29, 0.717) is 25.1 Å². The number of hydrogen-bond donors (Lipinski definition) is 1. The van der Waals surface area contributed by atoms with Crippen molar-refractivity contribution in [2.45, 2.75) is 72.0 Å². The van der Waals surface area contributed by atoms with Crippen molar-refractivity contribution in [3.05, 3.63) is 65.7 Å². The van der Waals surface area contributed by atoms with Crippen LogP contribution < -0.4 is 9.62 Å². The molecule has 0 saturated carbocycles. The highest BCUT2D eigenvalue weighted by Gasteiger charge is 2.29. The fourth-order valence-corrected chi connectivity index (χ4v) is 4.81. The number of amides is 2. The Labute approximate surface area is 210 Å². The zero-order valence-corrected chi connectivity index (χ0v) is 22.3.